The van der Waals surface area contributed by atoms with Gasteiger partial charge in [0.15, 0.2) is 5.69 Å². The van der Waals surface area contributed by atoms with Gasteiger partial charge < -0.3 is 10.1 Å². The second-order valence-electron chi connectivity index (χ2n) is 5.09. The quantitative estimate of drug-likeness (QED) is 0.731. The predicted octanol–water partition coefficient (Wildman–Crippen LogP) is 0.402. The van der Waals surface area contributed by atoms with Gasteiger partial charge in [0.25, 0.3) is 5.91 Å². The van der Waals surface area contributed by atoms with E-state index in [-0.39, 0.29) is 16.3 Å². The zero-order valence-corrected chi connectivity index (χ0v) is 14.3. The molecule has 2 aromatic rings. The number of benzene rings is 1. The monoisotopic (exact) mass is 364 g/mol. The van der Waals surface area contributed by atoms with E-state index in [4.69, 9.17) is 5.14 Å². The molecule has 132 valence electrons. The molecule has 0 saturated heterocycles. The van der Waals surface area contributed by atoms with E-state index in [1.807, 2.05) is 0 Å². The third-order valence-electron chi connectivity index (χ3n) is 3.31. The lowest BCUT2D eigenvalue weighted by Crippen LogP contribution is -2.28. The van der Waals surface area contributed by atoms with Crippen molar-refractivity contribution in [2.45, 2.75) is 17.9 Å². The molecule has 10 heteroatoms. The van der Waals surface area contributed by atoms with Crippen molar-refractivity contribution < 1.29 is 22.7 Å². The topological polar surface area (TPSA) is 141 Å². The van der Waals surface area contributed by atoms with Crippen LogP contribution in [0, 0.1) is 0 Å². The highest BCUT2D eigenvalue weighted by Crippen LogP contribution is 2.17. The van der Waals surface area contributed by atoms with Gasteiger partial charge in [0.2, 0.25) is 10.0 Å². The van der Waals surface area contributed by atoms with E-state index < -0.39 is 27.9 Å². The van der Waals surface area contributed by atoms with Crippen LogP contribution >= 0.6 is 0 Å². The van der Waals surface area contributed by atoms with Crippen molar-refractivity contribution >= 4 is 21.9 Å². The highest BCUT2D eigenvalue weighted by molar-refractivity contribution is 7.89. The van der Waals surface area contributed by atoms with Crippen LogP contribution in [0.2, 0.25) is 0 Å². The zero-order chi connectivity index (χ0) is 18.6. The van der Waals surface area contributed by atoms with E-state index >= 15 is 0 Å². The van der Waals surface area contributed by atoms with E-state index in [0.29, 0.717) is 5.56 Å². The molecule has 1 aromatic carbocycles. The fourth-order valence-electron chi connectivity index (χ4n) is 1.97. The van der Waals surface area contributed by atoms with Crippen LogP contribution in [0.1, 0.15) is 39.5 Å². The third kappa shape index (κ3) is 4.58. The number of ether oxygens (including phenoxy) is 1. The Balaban J connectivity index is 2.14. The maximum atomic E-state index is 12.2. The summed E-state index contributed by atoms with van der Waals surface area (Å²) in [6.45, 7) is 1.68. The first-order valence-corrected chi connectivity index (χ1v) is 8.61. The highest BCUT2D eigenvalue weighted by Gasteiger charge is 2.16. The molecule has 2 rings (SSSR count). The molecule has 1 atom stereocenters. The van der Waals surface area contributed by atoms with Crippen molar-refractivity contribution in [1.82, 2.24) is 15.3 Å². The van der Waals surface area contributed by atoms with Crippen molar-refractivity contribution in [2.24, 2.45) is 5.14 Å². The fourth-order valence-corrected chi connectivity index (χ4v) is 2.54. The maximum Gasteiger partial charge on any atom is 0.358 e. The molecular formula is C15H16N4O5S. The van der Waals surface area contributed by atoms with Gasteiger partial charge in [0.1, 0.15) is 5.69 Å². The van der Waals surface area contributed by atoms with Crippen molar-refractivity contribution in [1.29, 1.82) is 0 Å². The molecule has 25 heavy (non-hydrogen) atoms. The molecule has 0 fully saturated rings. The average molecular weight is 364 g/mol. The molecule has 9 nitrogen and oxygen atoms in total. The lowest BCUT2D eigenvalue weighted by molar-refractivity contribution is 0.0592. The molecule has 0 bridgehead atoms. The van der Waals surface area contributed by atoms with Crippen molar-refractivity contribution in [3.8, 4) is 0 Å². The van der Waals surface area contributed by atoms with Gasteiger partial charge in [0.05, 0.1) is 30.4 Å². The average Bonchev–Trinajstić information content (AvgIpc) is 2.60. The number of aromatic nitrogens is 2. The van der Waals surface area contributed by atoms with E-state index in [1.54, 1.807) is 13.0 Å². The molecule has 0 spiro atoms. The van der Waals surface area contributed by atoms with Crippen LogP contribution in [0.3, 0.4) is 0 Å². The Kier molecular flexibility index (Phi) is 5.45. The number of nitrogens with two attached hydrogens (primary N) is 1. The van der Waals surface area contributed by atoms with E-state index in [2.05, 4.69) is 20.0 Å². The summed E-state index contributed by atoms with van der Waals surface area (Å²) in [7, 11) is -2.62. The molecule has 0 unspecified atom stereocenters. The second-order valence-corrected chi connectivity index (χ2v) is 6.65. The molecule has 3 N–H and O–H groups in total. The van der Waals surface area contributed by atoms with Crippen LogP contribution in [-0.2, 0) is 14.8 Å². The van der Waals surface area contributed by atoms with Crippen molar-refractivity contribution in [3.63, 3.8) is 0 Å². The minimum absolute atomic E-state index is 0.00195. The summed E-state index contributed by atoms with van der Waals surface area (Å²) in [5.74, 6) is -1.19. The second kappa shape index (κ2) is 7.36. The number of hydrogen-bond acceptors (Lipinski definition) is 7. The summed E-state index contributed by atoms with van der Waals surface area (Å²) in [6.07, 6.45) is 2.28. The minimum Gasteiger partial charge on any atom is -0.464 e. The number of esters is 1. The Hall–Kier alpha value is -2.85. The Morgan fingerprint density at radius 2 is 1.84 bits per heavy atom. The van der Waals surface area contributed by atoms with Gasteiger partial charge in [-0.05, 0) is 24.6 Å². The van der Waals surface area contributed by atoms with Gasteiger partial charge in [-0.1, -0.05) is 12.1 Å². The van der Waals surface area contributed by atoms with Crippen LogP contribution in [0.5, 0.6) is 0 Å². The van der Waals surface area contributed by atoms with Gasteiger partial charge in [-0.2, -0.15) is 0 Å². The highest BCUT2D eigenvalue weighted by atomic mass is 32.2. The first-order chi connectivity index (χ1) is 11.7. The molecule has 1 heterocycles. The molecule has 0 aliphatic carbocycles. The maximum absolute atomic E-state index is 12.2. The summed E-state index contributed by atoms with van der Waals surface area (Å²) >= 11 is 0. The summed E-state index contributed by atoms with van der Waals surface area (Å²) in [5.41, 5.74) is 0.536. The van der Waals surface area contributed by atoms with E-state index in [9.17, 15) is 18.0 Å². The lowest BCUT2D eigenvalue weighted by Gasteiger charge is -2.14. The van der Waals surface area contributed by atoms with Gasteiger partial charge in [-0.25, -0.2) is 28.3 Å². The van der Waals surface area contributed by atoms with Crippen LogP contribution in [0.25, 0.3) is 0 Å². The number of nitrogens with zero attached hydrogens (tertiary/aromatic N) is 2. The Bertz CT molecular complexity index is 896. The van der Waals surface area contributed by atoms with Gasteiger partial charge >= 0.3 is 5.97 Å². The van der Waals surface area contributed by atoms with Crippen LogP contribution < -0.4 is 10.5 Å². The number of rotatable bonds is 5. The molecule has 0 aliphatic heterocycles. The summed E-state index contributed by atoms with van der Waals surface area (Å²) in [5, 5.41) is 7.76. The predicted molar refractivity (Wildman–Crippen MR) is 87.1 cm³/mol. The fraction of sp³-hybridized carbons (Fsp3) is 0.200. The Labute approximate surface area is 144 Å². The largest absolute Gasteiger partial charge is 0.464 e. The number of amides is 1. The molecule has 0 radical (unpaired) electrons. The van der Waals surface area contributed by atoms with Crippen molar-refractivity contribution in [2.75, 3.05) is 7.11 Å². The number of nitrogens with one attached hydrogen (secondary N) is 1. The smallest absolute Gasteiger partial charge is 0.358 e. The molecule has 0 saturated carbocycles. The van der Waals surface area contributed by atoms with Crippen LogP contribution in [0.15, 0.2) is 41.6 Å². The number of methoxy groups -OCH3 is 1. The summed E-state index contributed by atoms with van der Waals surface area (Å²) in [4.78, 5) is 31.1. The standard InChI is InChI=1S/C15H16N4O5S/c1-9(10-4-3-5-11(6-10)25(16,22)23)19-14(20)12-7-18-13(8-17-12)15(21)24-2/h3-9H,1-2H3,(H,19,20)(H2,16,22,23)/t9-/m0/s1. The Morgan fingerprint density at radius 3 is 2.40 bits per heavy atom. The van der Waals surface area contributed by atoms with Gasteiger partial charge in [0, 0.05) is 0 Å². The first-order valence-electron chi connectivity index (χ1n) is 7.06. The zero-order valence-electron chi connectivity index (χ0n) is 13.5. The molecule has 0 aliphatic rings. The SMILES string of the molecule is COC(=O)c1cnc(C(=O)N[C@@H](C)c2cccc(S(N)(=O)=O)c2)cn1. The Morgan fingerprint density at radius 1 is 1.20 bits per heavy atom. The molecular weight excluding hydrogens is 348 g/mol. The molecule has 1 amide bonds. The minimum atomic E-state index is -3.83. The lowest BCUT2D eigenvalue weighted by atomic mass is 10.1. The third-order valence-corrected chi connectivity index (χ3v) is 4.22. The van der Waals surface area contributed by atoms with Crippen LogP contribution in [0.4, 0.5) is 0 Å². The van der Waals surface area contributed by atoms with E-state index in [0.717, 1.165) is 12.4 Å². The number of hydrogen-bond donors (Lipinski definition) is 2. The number of carbonyl (C=O) groups is 2. The van der Waals surface area contributed by atoms with E-state index in [1.165, 1.54) is 25.3 Å². The normalized spacial score (nSPS) is 12.3. The number of sulfonamides is 1. The van der Waals surface area contributed by atoms with Crippen molar-refractivity contribution in [3.05, 3.63) is 53.6 Å². The molecule has 1 aromatic heterocycles. The summed E-state index contributed by atoms with van der Waals surface area (Å²) in [6, 6.07) is 5.43. The van der Waals surface area contributed by atoms with Crippen LogP contribution in [-0.4, -0.2) is 37.4 Å². The van der Waals surface area contributed by atoms with Gasteiger partial charge in [-0.15, -0.1) is 0 Å². The first kappa shape index (κ1) is 18.5. The number of carbonyl (C=O) groups excluding carboxylic acids is 2. The van der Waals surface area contributed by atoms with Gasteiger partial charge in [-0.3, -0.25) is 4.79 Å². The number of primary sulfonamides is 1. The summed E-state index contributed by atoms with van der Waals surface area (Å²) < 4.78 is 27.3.